The van der Waals surface area contributed by atoms with Gasteiger partial charge in [-0.3, -0.25) is 4.79 Å². The highest BCUT2D eigenvalue weighted by Gasteiger charge is 2.34. The van der Waals surface area contributed by atoms with E-state index in [1.807, 2.05) is 26.0 Å². The van der Waals surface area contributed by atoms with Gasteiger partial charge in [0.2, 0.25) is 11.1 Å². The fourth-order valence-electron chi connectivity index (χ4n) is 4.14. The SMILES string of the molecule is CCCSc1nc2n(n1)C(c1cc(Br)c(OCc3ccc(C)cc3)c(OCC)c1)C(C(C)=O)=C(C)N2. The van der Waals surface area contributed by atoms with Crippen LogP contribution in [-0.4, -0.2) is 32.9 Å². The van der Waals surface area contributed by atoms with Crippen molar-refractivity contribution in [2.75, 3.05) is 17.7 Å². The lowest BCUT2D eigenvalue weighted by Gasteiger charge is -2.28. The summed E-state index contributed by atoms with van der Waals surface area (Å²) in [6.07, 6.45) is 1.02. The molecule has 1 aromatic heterocycles. The van der Waals surface area contributed by atoms with Gasteiger partial charge in [0.15, 0.2) is 17.3 Å². The van der Waals surface area contributed by atoms with Gasteiger partial charge in [-0.2, -0.15) is 4.98 Å². The zero-order valence-corrected chi connectivity index (χ0v) is 23.6. The minimum Gasteiger partial charge on any atom is -0.490 e. The maximum Gasteiger partial charge on any atom is 0.227 e. The van der Waals surface area contributed by atoms with E-state index in [0.29, 0.717) is 41.4 Å². The Balaban J connectivity index is 1.75. The maximum atomic E-state index is 12.8. The number of carbonyl (C=O) groups excluding carboxylic acids is 1. The second-order valence-electron chi connectivity index (χ2n) is 8.67. The van der Waals surface area contributed by atoms with Crippen molar-refractivity contribution in [3.05, 3.63) is 68.8 Å². The first kappa shape index (κ1) is 26.3. The standard InChI is InChI=1S/C27H31BrN4O3S/c1-6-12-36-27-30-26-29-17(4)23(18(5)33)24(32(26)31-27)20-13-21(28)25(22(14-20)34-7-2)35-15-19-10-8-16(3)9-11-19/h8-11,13-14,24H,6-7,12,15H2,1-5H3,(H,29,30,31). The Bertz CT molecular complexity index is 1290. The number of halogens is 1. The van der Waals surface area contributed by atoms with Gasteiger partial charge in [-0.1, -0.05) is 48.5 Å². The summed E-state index contributed by atoms with van der Waals surface area (Å²) in [5.74, 6) is 2.75. The summed E-state index contributed by atoms with van der Waals surface area (Å²) >= 11 is 5.30. The molecule has 190 valence electrons. The van der Waals surface area contributed by atoms with Crippen molar-refractivity contribution >= 4 is 39.4 Å². The largest absolute Gasteiger partial charge is 0.490 e. The third kappa shape index (κ3) is 5.62. The lowest BCUT2D eigenvalue weighted by molar-refractivity contribution is -0.114. The third-order valence-corrected chi connectivity index (χ3v) is 7.43. The van der Waals surface area contributed by atoms with Gasteiger partial charge in [0, 0.05) is 17.0 Å². The second kappa shape index (κ2) is 11.5. The van der Waals surface area contributed by atoms with Crippen LogP contribution >= 0.6 is 27.7 Å². The monoisotopic (exact) mass is 570 g/mol. The molecular formula is C27H31BrN4O3S. The smallest absolute Gasteiger partial charge is 0.227 e. The van der Waals surface area contributed by atoms with Crippen molar-refractivity contribution in [2.24, 2.45) is 0 Å². The summed E-state index contributed by atoms with van der Waals surface area (Å²) in [7, 11) is 0. The molecule has 1 aliphatic rings. The Hall–Kier alpha value is -2.78. The number of nitrogens with zero attached hydrogens (tertiary/aromatic N) is 3. The molecule has 1 unspecified atom stereocenters. The minimum absolute atomic E-state index is 0.0253. The normalized spacial score (nSPS) is 14.9. The summed E-state index contributed by atoms with van der Waals surface area (Å²) < 4.78 is 14.8. The summed E-state index contributed by atoms with van der Waals surface area (Å²) in [5.41, 5.74) is 4.54. The second-order valence-corrected chi connectivity index (χ2v) is 10.6. The van der Waals surface area contributed by atoms with Crippen LogP contribution in [0.5, 0.6) is 11.5 Å². The van der Waals surface area contributed by atoms with Crippen LogP contribution in [0.2, 0.25) is 0 Å². The molecule has 2 heterocycles. The Kier molecular flexibility index (Phi) is 8.41. The van der Waals surface area contributed by atoms with Crippen LogP contribution < -0.4 is 14.8 Å². The molecule has 0 saturated heterocycles. The first-order valence-corrected chi connectivity index (χ1v) is 13.8. The van der Waals surface area contributed by atoms with Crippen LogP contribution in [-0.2, 0) is 11.4 Å². The zero-order valence-electron chi connectivity index (χ0n) is 21.2. The number of hydrogen-bond donors (Lipinski definition) is 1. The van der Waals surface area contributed by atoms with Crippen LogP contribution in [0.1, 0.15) is 56.8 Å². The average Bonchev–Trinajstić information content (AvgIpc) is 3.24. The number of aromatic nitrogens is 3. The van der Waals surface area contributed by atoms with Crippen molar-refractivity contribution < 1.29 is 14.3 Å². The van der Waals surface area contributed by atoms with Crippen LogP contribution in [0.4, 0.5) is 5.95 Å². The van der Waals surface area contributed by atoms with Crippen molar-refractivity contribution in [1.82, 2.24) is 14.8 Å². The van der Waals surface area contributed by atoms with E-state index in [4.69, 9.17) is 14.6 Å². The summed E-state index contributed by atoms with van der Waals surface area (Å²) in [5, 5.41) is 8.70. The molecule has 4 rings (SSSR count). The number of hydrogen-bond acceptors (Lipinski definition) is 7. The molecule has 0 fully saturated rings. The van der Waals surface area contributed by atoms with Crippen LogP contribution in [0.3, 0.4) is 0 Å². The number of anilines is 1. The number of carbonyl (C=O) groups is 1. The molecule has 7 nitrogen and oxygen atoms in total. The first-order valence-electron chi connectivity index (χ1n) is 12.0. The molecule has 3 aromatic rings. The maximum absolute atomic E-state index is 12.8. The molecular weight excluding hydrogens is 540 g/mol. The molecule has 1 atom stereocenters. The van der Waals surface area contributed by atoms with Crippen molar-refractivity contribution in [3.8, 4) is 11.5 Å². The van der Waals surface area contributed by atoms with Crippen molar-refractivity contribution in [2.45, 2.75) is 58.8 Å². The highest BCUT2D eigenvalue weighted by molar-refractivity contribution is 9.10. The number of ketones is 1. The molecule has 1 N–H and O–H groups in total. The fourth-order valence-corrected chi connectivity index (χ4v) is 5.40. The van der Waals surface area contributed by atoms with Gasteiger partial charge in [0.25, 0.3) is 0 Å². The predicted octanol–water partition coefficient (Wildman–Crippen LogP) is 6.71. The van der Waals surface area contributed by atoms with Crippen LogP contribution in [0.25, 0.3) is 0 Å². The third-order valence-electron chi connectivity index (χ3n) is 5.80. The van der Waals surface area contributed by atoms with Gasteiger partial charge in [-0.25, -0.2) is 4.68 Å². The van der Waals surface area contributed by atoms with Crippen molar-refractivity contribution in [1.29, 1.82) is 0 Å². The van der Waals surface area contributed by atoms with Gasteiger partial charge < -0.3 is 14.8 Å². The predicted molar refractivity (Wildman–Crippen MR) is 147 cm³/mol. The molecule has 36 heavy (non-hydrogen) atoms. The quantitative estimate of drug-likeness (QED) is 0.271. The lowest BCUT2D eigenvalue weighted by Crippen LogP contribution is -2.28. The molecule has 1 aliphatic heterocycles. The number of nitrogens with one attached hydrogen (secondary N) is 1. The van der Waals surface area contributed by atoms with Crippen molar-refractivity contribution in [3.63, 3.8) is 0 Å². The number of thioether (sulfide) groups is 1. The summed E-state index contributed by atoms with van der Waals surface area (Å²) in [4.78, 5) is 17.5. The van der Waals surface area contributed by atoms with E-state index in [1.54, 1.807) is 23.4 Å². The summed E-state index contributed by atoms with van der Waals surface area (Å²) in [6.45, 7) is 10.5. The van der Waals surface area contributed by atoms with Crippen LogP contribution in [0, 0.1) is 6.92 Å². The number of fused-ring (bicyclic) bond motifs is 1. The number of benzene rings is 2. The molecule has 0 saturated carbocycles. The first-order chi connectivity index (χ1) is 17.3. The van der Waals surface area contributed by atoms with E-state index in [-0.39, 0.29) is 5.78 Å². The molecule has 2 aromatic carbocycles. The van der Waals surface area contributed by atoms with E-state index in [9.17, 15) is 4.79 Å². The fraction of sp³-hybridized carbons (Fsp3) is 0.370. The topological polar surface area (TPSA) is 78.3 Å². The Labute approximate surface area is 224 Å². The molecule has 0 radical (unpaired) electrons. The Morgan fingerprint density at radius 2 is 1.92 bits per heavy atom. The van der Waals surface area contributed by atoms with E-state index in [1.165, 1.54) is 5.56 Å². The van der Waals surface area contributed by atoms with E-state index in [0.717, 1.165) is 33.5 Å². The minimum atomic E-state index is -0.441. The van der Waals surface area contributed by atoms with E-state index < -0.39 is 6.04 Å². The molecule has 9 heteroatoms. The Morgan fingerprint density at radius 3 is 2.58 bits per heavy atom. The highest BCUT2D eigenvalue weighted by atomic mass is 79.9. The summed E-state index contributed by atoms with van der Waals surface area (Å²) in [6, 6.07) is 11.7. The van der Waals surface area contributed by atoms with Crippen LogP contribution in [0.15, 0.2) is 57.3 Å². The van der Waals surface area contributed by atoms with Gasteiger partial charge in [-0.15, -0.1) is 5.10 Å². The molecule has 0 spiro atoms. The number of rotatable bonds is 10. The highest BCUT2D eigenvalue weighted by Crippen LogP contribution is 2.43. The number of allylic oxidation sites excluding steroid dienone is 2. The van der Waals surface area contributed by atoms with Gasteiger partial charge >= 0.3 is 0 Å². The molecule has 0 amide bonds. The number of aryl methyl sites for hydroxylation is 1. The van der Waals surface area contributed by atoms with E-state index >= 15 is 0 Å². The lowest BCUT2D eigenvalue weighted by atomic mass is 9.93. The molecule has 0 bridgehead atoms. The van der Waals surface area contributed by atoms with Gasteiger partial charge in [0.05, 0.1) is 11.1 Å². The molecule has 0 aliphatic carbocycles. The number of ether oxygens (including phenoxy) is 2. The average molecular weight is 572 g/mol. The van der Waals surface area contributed by atoms with E-state index in [2.05, 4.69) is 64.3 Å². The van der Waals surface area contributed by atoms with Gasteiger partial charge in [0.1, 0.15) is 12.6 Å². The van der Waals surface area contributed by atoms with Gasteiger partial charge in [-0.05, 0) is 73.3 Å². The Morgan fingerprint density at radius 1 is 1.17 bits per heavy atom. The number of Topliss-reactive ketones (excluding diaryl/α,β-unsaturated/α-hetero) is 1. The zero-order chi connectivity index (χ0) is 25.8.